The molecule has 0 spiro atoms. The van der Waals surface area contributed by atoms with Gasteiger partial charge in [0, 0.05) is 17.1 Å². The monoisotopic (exact) mass is 395 g/mol. The molecule has 0 atom stereocenters. The predicted octanol–water partition coefficient (Wildman–Crippen LogP) is 3.06. The lowest BCUT2D eigenvalue weighted by atomic mass is 9.85. The van der Waals surface area contributed by atoms with Crippen molar-refractivity contribution in [3.63, 3.8) is 0 Å². The van der Waals surface area contributed by atoms with Crippen molar-refractivity contribution >= 4 is 21.7 Å². The van der Waals surface area contributed by atoms with Crippen LogP contribution in [0.3, 0.4) is 0 Å². The molecule has 1 aliphatic rings. The van der Waals surface area contributed by atoms with Crippen LogP contribution in [0.15, 0.2) is 29.2 Å². The van der Waals surface area contributed by atoms with E-state index in [1.165, 1.54) is 19.2 Å². The summed E-state index contributed by atoms with van der Waals surface area (Å²) in [7, 11) is -2.29. The van der Waals surface area contributed by atoms with Crippen LogP contribution in [0, 0.1) is 5.92 Å². The van der Waals surface area contributed by atoms with Crippen LogP contribution in [0.5, 0.6) is 0 Å². The summed E-state index contributed by atoms with van der Waals surface area (Å²) >= 11 is 0. The van der Waals surface area contributed by atoms with Gasteiger partial charge in [-0.2, -0.15) is 0 Å². The SMILES string of the molecule is COC(=O)C1CC(S(=O)(=O)c2cccc(C(=O)N(C(C)C)C(C)(C)C)c2)C1. The van der Waals surface area contributed by atoms with E-state index in [9.17, 15) is 18.0 Å². The Balaban J connectivity index is 2.27. The summed E-state index contributed by atoms with van der Waals surface area (Å²) in [5.74, 6) is -0.935. The molecule has 2 rings (SSSR count). The lowest BCUT2D eigenvalue weighted by Crippen LogP contribution is -2.49. The highest BCUT2D eigenvalue weighted by Gasteiger charge is 2.43. The zero-order valence-corrected chi connectivity index (χ0v) is 17.7. The van der Waals surface area contributed by atoms with E-state index in [0.717, 1.165) is 0 Å². The van der Waals surface area contributed by atoms with E-state index in [1.54, 1.807) is 17.0 Å². The molecule has 1 saturated carbocycles. The van der Waals surface area contributed by atoms with Gasteiger partial charge in [0.2, 0.25) is 0 Å². The molecular weight excluding hydrogens is 366 g/mol. The highest BCUT2D eigenvalue weighted by atomic mass is 32.2. The standard InChI is InChI=1S/C20H29NO5S/c1-13(2)21(20(3,4)5)18(22)14-8-7-9-16(10-14)27(24,25)17-11-15(12-17)19(23)26-6/h7-10,13,15,17H,11-12H2,1-6H3. The third-order valence-corrected chi connectivity index (χ3v) is 7.11. The zero-order valence-electron chi connectivity index (χ0n) is 16.9. The highest BCUT2D eigenvalue weighted by molar-refractivity contribution is 7.92. The Labute approximate surface area is 161 Å². The maximum absolute atomic E-state index is 13.0. The van der Waals surface area contributed by atoms with Gasteiger partial charge in [0.1, 0.15) is 0 Å². The van der Waals surface area contributed by atoms with Crippen molar-refractivity contribution < 1.29 is 22.7 Å². The van der Waals surface area contributed by atoms with Gasteiger partial charge in [-0.05, 0) is 65.7 Å². The molecule has 1 aliphatic carbocycles. The molecule has 1 fully saturated rings. The van der Waals surface area contributed by atoms with Crippen LogP contribution in [0.1, 0.15) is 57.8 Å². The molecule has 0 heterocycles. The van der Waals surface area contributed by atoms with Crippen molar-refractivity contribution in [2.75, 3.05) is 7.11 Å². The number of esters is 1. The van der Waals surface area contributed by atoms with E-state index in [4.69, 9.17) is 0 Å². The van der Waals surface area contributed by atoms with Crippen LogP contribution in [0.2, 0.25) is 0 Å². The second-order valence-electron chi connectivity index (χ2n) is 8.33. The van der Waals surface area contributed by atoms with Gasteiger partial charge >= 0.3 is 5.97 Å². The fraction of sp³-hybridized carbons (Fsp3) is 0.600. The van der Waals surface area contributed by atoms with Crippen molar-refractivity contribution in [3.8, 4) is 0 Å². The average Bonchev–Trinajstić information content (AvgIpc) is 2.51. The van der Waals surface area contributed by atoms with E-state index in [2.05, 4.69) is 4.74 Å². The number of rotatable bonds is 5. The normalized spacial score (nSPS) is 20.1. The maximum atomic E-state index is 13.0. The molecule has 0 aliphatic heterocycles. The number of methoxy groups -OCH3 is 1. The van der Waals surface area contributed by atoms with Gasteiger partial charge in [0.15, 0.2) is 9.84 Å². The zero-order chi connectivity index (χ0) is 20.6. The van der Waals surface area contributed by atoms with E-state index in [1.807, 2.05) is 34.6 Å². The summed E-state index contributed by atoms with van der Waals surface area (Å²) in [6.07, 6.45) is 0.514. The van der Waals surface area contributed by atoms with Crippen LogP contribution in [0.25, 0.3) is 0 Å². The Morgan fingerprint density at radius 1 is 1.19 bits per heavy atom. The second kappa shape index (κ2) is 7.62. The van der Waals surface area contributed by atoms with Crippen molar-refractivity contribution in [1.29, 1.82) is 0 Å². The minimum atomic E-state index is -3.59. The first-order valence-corrected chi connectivity index (χ1v) is 10.7. The molecule has 6 nitrogen and oxygen atoms in total. The van der Waals surface area contributed by atoms with Crippen LogP contribution in [-0.4, -0.2) is 49.1 Å². The molecule has 0 saturated heterocycles. The summed E-state index contributed by atoms with van der Waals surface area (Å²) in [5, 5.41) is -0.615. The summed E-state index contributed by atoms with van der Waals surface area (Å²) in [6, 6.07) is 6.17. The van der Waals surface area contributed by atoms with Gasteiger partial charge in [-0.15, -0.1) is 0 Å². The summed E-state index contributed by atoms with van der Waals surface area (Å²) in [6.45, 7) is 9.72. The Kier molecular flexibility index (Phi) is 6.04. The number of benzene rings is 1. The topological polar surface area (TPSA) is 80.8 Å². The van der Waals surface area contributed by atoms with Crippen molar-refractivity contribution in [2.45, 2.75) is 69.2 Å². The Morgan fingerprint density at radius 2 is 1.78 bits per heavy atom. The number of carbonyl (C=O) groups is 2. The van der Waals surface area contributed by atoms with Gasteiger partial charge in [0.05, 0.1) is 23.2 Å². The molecule has 0 bridgehead atoms. The Morgan fingerprint density at radius 3 is 2.26 bits per heavy atom. The third-order valence-electron chi connectivity index (χ3n) is 4.94. The number of ether oxygens (including phenoxy) is 1. The molecule has 0 aromatic heterocycles. The molecule has 1 aromatic rings. The molecule has 1 amide bonds. The molecule has 27 heavy (non-hydrogen) atoms. The van der Waals surface area contributed by atoms with Crippen LogP contribution >= 0.6 is 0 Å². The number of amides is 1. The van der Waals surface area contributed by atoms with Gasteiger partial charge < -0.3 is 9.64 Å². The second-order valence-corrected chi connectivity index (χ2v) is 10.6. The lowest BCUT2D eigenvalue weighted by molar-refractivity contribution is -0.148. The molecule has 150 valence electrons. The van der Waals surface area contributed by atoms with Crippen molar-refractivity contribution in [2.24, 2.45) is 5.92 Å². The smallest absolute Gasteiger partial charge is 0.308 e. The molecule has 7 heteroatoms. The number of nitrogens with zero attached hydrogens (tertiary/aromatic N) is 1. The van der Waals surface area contributed by atoms with Gasteiger partial charge in [-0.25, -0.2) is 8.42 Å². The molecule has 0 N–H and O–H groups in total. The first kappa shape index (κ1) is 21.4. The van der Waals surface area contributed by atoms with Gasteiger partial charge in [0.25, 0.3) is 5.91 Å². The Bertz CT molecular complexity index is 817. The molecular formula is C20H29NO5S. The minimum absolute atomic E-state index is 0.0230. The number of carbonyl (C=O) groups excluding carboxylic acids is 2. The molecule has 1 aromatic carbocycles. The largest absolute Gasteiger partial charge is 0.469 e. The molecule has 0 radical (unpaired) electrons. The Hall–Kier alpha value is -1.89. The average molecular weight is 396 g/mol. The highest BCUT2D eigenvalue weighted by Crippen LogP contribution is 2.37. The first-order chi connectivity index (χ1) is 12.4. The molecule has 0 unspecified atom stereocenters. The van der Waals surface area contributed by atoms with Crippen molar-refractivity contribution in [3.05, 3.63) is 29.8 Å². The van der Waals surface area contributed by atoms with Gasteiger partial charge in [-0.3, -0.25) is 9.59 Å². The van der Waals surface area contributed by atoms with Gasteiger partial charge in [-0.1, -0.05) is 6.07 Å². The predicted molar refractivity (Wildman–Crippen MR) is 103 cm³/mol. The first-order valence-electron chi connectivity index (χ1n) is 9.15. The third kappa shape index (κ3) is 4.34. The van der Waals surface area contributed by atoms with E-state index in [-0.39, 0.29) is 47.1 Å². The fourth-order valence-electron chi connectivity index (χ4n) is 3.63. The number of hydrogen-bond acceptors (Lipinski definition) is 5. The van der Waals surface area contributed by atoms with Crippen LogP contribution in [0.4, 0.5) is 0 Å². The lowest BCUT2D eigenvalue weighted by Gasteiger charge is -2.39. The quantitative estimate of drug-likeness (QED) is 0.716. The fourth-order valence-corrected chi connectivity index (χ4v) is 5.55. The minimum Gasteiger partial charge on any atom is -0.469 e. The summed E-state index contributed by atoms with van der Waals surface area (Å²) in [5.41, 5.74) is -0.0366. The van der Waals surface area contributed by atoms with Crippen molar-refractivity contribution in [1.82, 2.24) is 4.90 Å². The summed E-state index contributed by atoms with van der Waals surface area (Å²) in [4.78, 5) is 26.4. The number of hydrogen-bond donors (Lipinski definition) is 0. The van der Waals surface area contributed by atoms with E-state index >= 15 is 0 Å². The van der Waals surface area contributed by atoms with Crippen LogP contribution < -0.4 is 0 Å². The van der Waals surface area contributed by atoms with E-state index < -0.39 is 15.1 Å². The van der Waals surface area contributed by atoms with E-state index in [0.29, 0.717) is 5.56 Å². The maximum Gasteiger partial charge on any atom is 0.308 e. The summed E-state index contributed by atoms with van der Waals surface area (Å²) < 4.78 is 30.4. The van der Waals surface area contributed by atoms with Crippen LogP contribution in [-0.2, 0) is 19.4 Å². The number of sulfone groups is 1.